The maximum absolute atomic E-state index is 11.6. The Morgan fingerprint density at radius 1 is 1.44 bits per heavy atom. The fourth-order valence-electron chi connectivity index (χ4n) is 2.05. The molecule has 2 amide bonds. The average Bonchev–Trinajstić information content (AvgIpc) is 2.21. The molecule has 0 bridgehead atoms. The van der Waals surface area contributed by atoms with Crippen molar-refractivity contribution in [2.45, 2.75) is 45.1 Å². The van der Waals surface area contributed by atoms with E-state index in [2.05, 4.69) is 16.6 Å². The molecule has 1 aliphatic rings. The van der Waals surface area contributed by atoms with Crippen LogP contribution in [0, 0.1) is 17.8 Å². The Balaban J connectivity index is 2.42. The van der Waals surface area contributed by atoms with Crippen LogP contribution in [0.5, 0.6) is 0 Å². The van der Waals surface area contributed by atoms with E-state index in [4.69, 9.17) is 11.5 Å². The number of urea groups is 1. The van der Waals surface area contributed by atoms with E-state index < -0.39 is 11.5 Å². The van der Waals surface area contributed by atoms with E-state index in [9.17, 15) is 9.59 Å². The molecule has 18 heavy (non-hydrogen) atoms. The molecule has 1 fully saturated rings. The number of amides is 2. The molecule has 100 valence electrons. The summed E-state index contributed by atoms with van der Waals surface area (Å²) in [4.78, 5) is 22.4. The molecule has 0 spiro atoms. The highest BCUT2D eigenvalue weighted by molar-refractivity contribution is 5.75. The molecular formula is C13H20N2O3. The Kier molecular flexibility index (Phi) is 4.23. The van der Waals surface area contributed by atoms with Crippen molar-refractivity contribution in [2.75, 3.05) is 6.54 Å². The number of carbonyl (C=O) groups excluding carboxylic acids is 1. The predicted molar refractivity (Wildman–Crippen MR) is 68.0 cm³/mol. The molecule has 0 aromatic heterocycles. The fraction of sp³-hybridized carbons (Fsp3) is 0.692. The number of rotatable bonds is 5. The summed E-state index contributed by atoms with van der Waals surface area (Å²) >= 11 is 0. The third kappa shape index (κ3) is 3.95. The summed E-state index contributed by atoms with van der Waals surface area (Å²) in [5, 5.41) is 14.2. The maximum atomic E-state index is 11.6. The van der Waals surface area contributed by atoms with Crippen LogP contribution in [-0.4, -0.2) is 29.2 Å². The van der Waals surface area contributed by atoms with Gasteiger partial charge in [0, 0.05) is 6.54 Å². The van der Waals surface area contributed by atoms with Crippen LogP contribution in [-0.2, 0) is 4.79 Å². The lowest BCUT2D eigenvalue weighted by atomic mass is 9.66. The van der Waals surface area contributed by atoms with Crippen molar-refractivity contribution in [1.29, 1.82) is 0 Å². The smallest absolute Gasteiger partial charge is 0.315 e. The predicted octanol–water partition coefficient (Wildman–Crippen LogP) is 1.34. The summed E-state index contributed by atoms with van der Waals surface area (Å²) in [7, 11) is 0. The maximum Gasteiger partial charge on any atom is 0.315 e. The van der Waals surface area contributed by atoms with Crippen molar-refractivity contribution in [3.8, 4) is 12.3 Å². The summed E-state index contributed by atoms with van der Waals surface area (Å²) in [5.74, 6) is 1.64. The summed E-state index contributed by atoms with van der Waals surface area (Å²) in [5.41, 5.74) is -0.979. The SMILES string of the molecule is C#CC(C)(C)NC(=O)NCC1(CC(=O)O)CCC1. The van der Waals surface area contributed by atoms with Gasteiger partial charge in [-0.15, -0.1) is 6.42 Å². The van der Waals surface area contributed by atoms with Crippen LogP contribution < -0.4 is 10.6 Å². The summed E-state index contributed by atoms with van der Waals surface area (Å²) in [6, 6.07) is -0.352. The highest BCUT2D eigenvalue weighted by atomic mass is 16.4. The van der Waals surface area contributed by atoms with Crippen molar-refractivity contribution in [3.05, 3.63) is 0 Å². The Bertz CT molecular complexity index is 378. The van der Waals surface area contributed by atoms with E-state index in [0.29, 0.717) is 6.54 Å². The van der Waals surface area contributed by atoms with Crippen molar-refractivity contribution in [3.63, 3.8) is 0 Å². The zero-order chi connectivity index (χ0) is 13.8. The van der Waals surface area contributed by atoms with E-state index in [1.165, 1.54) is 0 Å². The molecule has 1 saturated carbocycles. The molecule has 0 aromatic carbocycles. The molecule has 3 N–H and O–H groups in total. The number of nitrogens with one attached hydrogen (secondary N) is 2. The van der Waals surface area contributed by atoms with Gasteiger partial charge in [-0.1, -0.05) is 12.3 Å². The van der Waals surface area contributed by atoms with Gasteiger partial charge in [0.2, 0.25) is 0 Å². The molecule has 0 aromatic rings. The summed E-state index contributed by atoms with van der Waals surface area (Å²) in [6.45, 7) is 3.83. The first-order valence-electron chi connectivity index (χ1n) is 6.04. The van der Waals surface area contributed by atoms with Crippen molar-refractivity contribution in [2.24, 2.45) is 5.41 Å². The number of carboxylic acid groups (broad SMARTS) is 1. The van der Waals surface area contributed by atoms with Gasteiger partial charge in [-0.2, -0.15) is 0 Å². The van der Waals surface area contributed by atoms with Crippen LogP contribution >= 0.6 is 0 Å². The Labute approximate surface area is 107 Å². The zero-order valence-electron chi connectivity index (χ0n) is 10.9. The lowest BCUT2D eigenvalue weighted by Crippen LogP contribution is -2.51. The van der Waals surface area contributed by atoms with Gasteiger partial charge >= 0.3 is 12.0 Å². The number of hydrogen-bond donors (Lipinski definition) is 3. The van der Waals surface area contributed by atoms with E-state index in [1.54, 1.807) is 13.8 Å². The van der Waals surface area contributed by atoms with Gasteiger partial charge in [0.05, 0.1) is 12.0 Å². The van der Waals surface area contributed by atoms with Crippen LogP contribution in [0.1, 0.15) is 39.5 Å². The van der Waals surface area contributed by atoms with Gasteiger partial charge < -0.3 is 15.7 Å². The zero-order valence-corrected chi connectivity index (χ0v) is 10.9. The monoisotopic (exact) mass is 252 g/mol. The Morgan fingerprint density at radius 2 is 2.06 bits per heavy atom. The molecule has 0 atom stereocenters. The lowest BCUT2D eigenvalue weighted by Gasteiger charge is -2.41. The second kappa shape index (κ2) is 5.30. The van der Waals surface area contributed by atoms with Gasteiger partial charge in [-0.3, -0.25) is 4.79 Å². The normalized spacial score (nSPS) is 17.2. The Hall–Kier alpha value is -1.70. The molecule has 0 heterocycles. The minimum atomic E-state index is -0.819. The number of aliphatic carboxylic acids is 1. The van der Waals surface area contributed by atoms with Crippen molar-refractivity contribution >= 4 is 12.0 Å². The van der Waals surface area contributed by atoms with E-state index >= 15 is 0 Å². The largest absolute Gasteiger partial charge is 0.481 e. The summed E-state index contributed by atoms with van der Waals surface area (Å²) in [6.07, 6.45) is 8.08. The van der Waals surface area contributed by atoms with E-state index in [0.717, 1.165) is 19.3 Å². The standard InChI is InChI=1S/C13H20N2O3/c1-4-12(2,3)15-11(18)14-9-13(6-5-7-13)8-10(16)17/h1H,5-9H2,2-3H3,(H,16,17)(H2,14,15,18). The second-order valence-electron chi connectivity index (χ2n) is 5.50. The molecule has 1 rings (SSSR count). The molecule has 0 radical (unpaired) electrons. The highest BCUT2D eigenvalue weighted by Crippen LogP contribution is 2.43. The first-order chi connectivity index (χ1) is 8.29. The minimum Gasteiger partial charge on any atom is -0.481 e. The van der Waals surface area contributed by atoms with Gasteiger partial charge in [-0.05, 0) is 32.1 Å². The van der Waals surface area contributed by atoms with Crippen LogP contribution in [0.15, 0.2) is 0 Å². The molecule has 5 heteroatoms. The van der Waals surface area contributed by atoms with Gasteiger partial charge in [0.25, 0.3) is 0 Å². The molecule has 5 nitrogen and oxygen atoms in total. The van der Waals surface area contributed by atoms with E-state index in [-0.39, 0.29) is 17.9 Å². The van der Waals surface area contributed by atoms with Crippen LogP contribution in [0.3, 0.4) is 0 Å². The quantitative estimate of drug-likeness (QED) is 0.646. The topological polar surface area (TPSA) is 78.4 Å². The van der Waals surface area contributed by atoms with Gasteiger partial charge in [-0.25, -0.2) is 4.79 Å². The number of carbonyl (C=O) groups is 2. The third-order valence-electron chi connectivity index (χ3n) is 3.35. The average molecular weight is 252 g/mol. The molecule has 0 aliphatic heterocycles. The van der Waals surface area contributed by atoms with E-state index in [1.807, 2.05) is 0 Å². The van der Waals surface area contributed by atoms with Crippen molar-refractivity contribution in [1.82, 2.24) is 10.6 Å². The molecule has 0 unspecified atom stereocenters. The van der Waals surface area contributed by atoms with Gasteiger partial charge in [0.15, 0.2) is 0 Å². The van der Waals surface area contributed by atoms with Gasteiger partial charge in [0.1, 0.15) is 0 Å². The first kappa shape index (κ1) is 14.4. The first-order valence-corrected chi connectivity index (χ1v) is 6.04. The van der Waals surface area contributed by atoms with Crippen LogP contribution in [0.4, 0.5) is 4.79 Å². The minimum absolute atomic E-state index is 0.103. The fourth-order valence-corrected chi connectivity index (χ4v) is 2.05. The number of carboxylic acids is 1. The highest BCUT2D eigenvalue weighted by Gasteiger charge is 2.39. The third-order valence-corrected chi connectivity index (χ3v) is 3.35. The second-order valence-corrected chi connectivity index (χ2v) is 5.50. The lowest BCUT2D eigenvalue weighted by molar-refractivity contribution is -0.141. The summed E-state index contributed by atoms with van der Waals surface area (Å²) < 4.78 is 0. The molecule has 0 saturated heterocycles. The number of terminal acetylenes is 1. The molecular weight excluding hydrogens is 232 g/mol. The van der Waals surface area contributed by atoms with Crippen LogP contribution in [0.2, 0.25) is 0 Å². The molecule has 1 aliphatic carbocycles. The van der Waals surface area contributed by atoms with Crippen molar-refractivity contribution < 1.29 is 14.7 Å². The number of hydrogen-bond acceptors (Lipinski definition) is 2. The Morgan fingerprint density at radius 3 is 2.44 bits per heavy atom. The van der Waals surface area contributed by atoms with Crippen LogP contribution in [0.25, 0.3) is 0 Å².